The molecule has 3 atom stereocenters. The van der Waals surface area contributed by atoms with Crippen molar-refractivity contribution in [2.75, 3.05) is 26.2 Å². The van der Waals surface area contributed by atoms with E-state index in [9.17, 15) is 9.59 Å². The third-order valence-electron chi connectivity index (χ3n) is 6.36. The Balaban J connectivity index is 1.33. The van der Waals surface area contributed by atoms with Crippen molar-refractivity contribution in [3.63, 3.8) is 0 Å². The maximum atomic E-state index is 12.7. The van der Waals surface area contributed by atoms with Crippen molar-refractivity contribution in [1.82, 2.24) is 9.80 Å². The van der Waals surface area contributed by atoms with E-state index in [-0.39, 0.29) is 23.8 Å². The lowest BCUT2D eigenvalue weighted by atomic mass is 9.94. The molecule has 0 saturated carbocycles. The highest BCUT2D eigenvalue weighted by atomic mass is 16.2. The van der Waals surface area contributed by atoms with E-state index in [0.717, 1.165) is 38.0 Å². The average molecular weight is 392 g/mol. The average Bonchev–Trinajstić information content (AvgIpc) is 3.27. The molecule has 2 N–H and O–H groups in total. The SMILES string of the molecule is NC(=O)C1[C@@H]2CN(C(=O)Cc3ccccc3)CC2CN1CCCc1ccccc1. The van der Waals surface area contributed by atoms with Gasteiger partial charge in [0.15, 0.2) is 0 Å². The number of likely N-dealkylation sites (tertiary alicyclic amines) is 2. The summed E-state index contributed by atoms with van der Waals surface area (Å²) in [6.45, 7) is 3.09. The molecule has 152 valence electrons. The van der Waals surface area contributed by atoms with Gasteiger partial charge >= 0.3 is 0 Å². The number of nitrogens with two attached hydrogens (primary N) is 1. The molecule has 2 aromatic rings. The van der Waals surface area contributed by atoms with Gasteiger partial charge in [-0.25, -0.2) is 0 Å². The third kappa shape index (κ3) is 4.51. The van der Waals surface area contributed by atoms with E-state index in [4.69, 9.17) is 5.73 Å². The summed E-state index contributed by atoms with van der Waals surface area (Å²) in [5.41, 5.74) is 8.14. The maximum Gasteiger partial charge on any atom is 0.235 e. The molecule has 0 bridgehead atoms. The van der Waals surface area contributed by atoms with Gasteiger partial charge in [0.1, 0.15) is 0 Å². The third-order valence-corrected chi connectivity index (χ3v) is 6.36. The number of carbonyl (C=O) groups is 2. The summed E-state index contributed by atoms with van der Waals surface area (Å²) < 4.78 is 0. The van der Waals surface area contributed by atoms with Crippen LogP contribution in [0.25, 0.3) is 0 Å². The molecule has 2 aliphatic rings. The van der Waals surface area contributed by atoms with Gasteiger partial charge in [0, 0.05) is 25.6 Å². The van der Waals surface area contributed by atoms with Crippen LogP contribution in [0.4, 0.5) is 0 Å². The molecule has 2 aliphatic heterocycles. The number of amides is 2. The van der Waals surface area contributed by atoms with E-state index in [2.05, 4.69) is 29.2 Å². The van der Waals surface area contributed by atoms with Crippen molar-refractivity contribution in [3.8, 4) is 0 Å². The molecule has 4 rings (SSSR count). The van der Waals surface area contributed by atoms with E-state index in [0.29, 0.717) is 18.9 Å². The molecule has 5 nitrogen and oxygen atoms in total. The van der Waals surface area contributed by atoms with Crippen molar-refractivity contribution in [2.45, 2.75) is 25.3 Å². The molecule has 0 radical (unpaired) electrons. The summed E-state index contributed by atoms with van der Waals surface area (Å²) in [5, 5.41) is 0. The van der Waals surface area contributed by atoms with Crippen LogP contribution in [-0.2, 0) is 22.4 Å². The van der Waals surface area contributed by atoms with E-state index in [1.165, 1.54) is 5.56 Å². The fraction of sp³-hybridized carbons (Fsp3) is 0.417. The predicted molar refractivity (Wildman–Crippen MR) is 113 cm³/mol. The minimum Gasteiger partial charge on any atom is -0.368 e. The molecule has 0 aliphatic carbocycles. The Kier molecular flexibility index (Phi) is 5.95. The van der Waals surface area contributed by atoms with E-state index in [1.807, 2.05) is 41.3 Å². The van der Waals surface area contributed by atoms with Crippen LogP contribution in [0.1, 0.15) is 17.5 Å². The minimum atomic E-state index is -0.259. The van der Waals surface area contributed by atoms with Crippen LogP contribution in [0.3, 0.4) is 0 Å². The lowest BCUT2D eigenvalue weighted by molar-refractivity contribution is -0.131. The van der Waals surface area contributed by atoms with E-state index in [1.54, 1.807) is 0 Å². The number of aryl methyl sites for hydroxylation is 1. The normalized spacial score (nSPS) is 23.9. The van der Waals surface area contributed by atoms with Gasteiger partial charge in [-0.15, -0.1) is 0 Å². The van der Waals surface area contributed by atoms with Crippen LogP contribution in [0.5, 0.6) is 0 Å². The highest BCUT2D eigenvalue weighted by Gasteiger charge is 2.49. The number of rotatable bonds is 7. The highest BCUT2D eigenvalue weighted by Crippen LogP contribution is 2.36. The van der Waals surface area contributed by atoms with Crippen LogP contribution in [0.2, 0.25) is 0 Å². The molecular weight excluding hydrogens is 362 g/mol. The number of nitrogens with zero attached hydrogens (tertiary/aromatic N) is 2. The van der Waals surface area contributed by atoms with Crippen molar-refractivity contribution in [3.05, 3.63) is 71.8 Å². The quantitative estimate of drug-likeness (QED) is 0.786. The second-order valence-electron chi connectivity index (χ2n) is 8.32. The summed E-state index contributed by atoms with van der Waals surface area (Å²) in [4.78, 5) is 29.1. The summed E-state index contributed by atoms with van der Waals surface area (Å²) in [6, 6.07) is 20.0. The number of hydrogen-bond acceptors (Lipinski definition) is 3. The van der Waals surface area contributed by atoms with Gasteiger partial charge in [-0.3, -0.25) is 14.5 Å². The molecule has 5 heteroatoms. The Bertz CT molecular complexity index is 840. The smallest absolute Gasteiger partial charge is 0.235 e. The number of carbonyl (C=O) groups excluding carboxylic acids is 2. The van der Waals surface area contributed by atoms with Crippen molar-refractivity contribution in [1.29, 1.82) is 0 Å². The minimum absolute atomic E-state index is 0.143. The zero-order valence-electron chi connectivity index (χ0n) is 16.7. The molecule has 2 fully saturated rings. The lowest BCUT2D eigenvalue weighted by Crippen LogP contribution is -2.46. The van der Waals surface area contributed by atoms with Crippen molar-refractivity contribution in [2.24, 2.45) is 17.6 Å². The van der Waals surface area contributed by atoms with Crippen LogP contribution in [0, 0.1) is 11.8 Å². The Morgan fingerprint density at radius 2 is 1.55 bits per heavy atom. The Morgan fingerprint density at radius 1 is 0.897 bits per heavy atom. The summed E-state index contributed by atoms with van der Waals surface area (Å²) >= 11 is 0. The zero-order valence-corrected chi connectivity index (χ0v) is 16.7. The molecule has 2 aromatic carbocycles. The number of fused-ring (bicyclic) bond motifs is 1. The fourth-order valence-corrected chi connectivity index (χ4v) is 4.97. The molecule has 29 heavy (non-hydrogen) atoms. The second kappa shape index (κ2) is 8.78. The first kappa shape index (κ1) is 19.6. The molecule has 2 unspecified atom stereocenters. The first-order valence-corrected chi connectivity index (χ1v) is 10.5. The van der Waals surface area contributed by atoms with Crippen molar-refractivity contribution >= 4 is 11.8 Å². The molecule has 0 aromatic heterocycles. The van der Waals surface area contributed by atoms with E-state index >= 15 is 0 Å². The lowest BCUT2D eigenvalue weighted by Gasteiger charge is -2.27. The van der Waals surface area contributed by atoms with Crippen LogP contribution < -0.4 is 5.73 Å². The van der Waals surface area contributed by atoms with Gasteiger partial charge in [-0.1, -0.05) is 60.7 Å². The predicted octanol–water partition coefficient (Wildman–Crippen LogP) is 2.11. The summed E-state index contributed by atoms with van der Waals surface area (Å²) in [5.74, 6) is 0.381. The standard InChI is InChI=1S/C24H29N3O2/c25-24(29)23-21-17-27(22(28)14-19-10-5-2-6-11-19)16-20(21)15-26(23)13-7-12-18-8-3-1-4-9-18/h1-6,8-11,20-21,23H,7,12-17H2,(H2,25,29)/t20?,21-,23?/m1/s1. The molecule has 2 amide bonds. The van der Waals surface area contributed by atoms with Crippen LogP contribution >= 0.6 is 0 Å². The first-order valence-electron chi connectivity index (χ1n) is 10.5. The number of primary amides is 1. The molecule has 2 heterocycles. The van der Waals surface area contributed by atoms with Gasteiger partial charge in [0.2, 0.25) is 11.8 Å². The van der Waals surface area contributed by atoms with Gasteiger partial charge in [-0.05, 0) is 36.4 Å². The van der Waals surface area contributed by atoms with Gasteiger partial charge in [-0.2, -0.15) is 0 Å². The molecular formula is C24H29N3O2. The Labute approximate surface area is 172 Å². The van der Waals surface area contributed by atoms with Gasteiger partial charge < -0.3 is 10.6 Å². The number of hydrogen-bond donors (Lipinski definition) is 1. The molecule has 2 saturated heterocycles. The van der Waals surface area contributed by atoms with Gasteiger partial charge in [0.25, 0.3) is 0 Å². The summed E-state index contributed by atoms with van der Waals surface area (Å²) in [6.07, 6.45) is 2.42. The number of benzene rings is 2. The summed E-state index contributed by atoms with van der Waals surface area (Å²) in [7, 11) is 0. The Hall–Kier alpha value is -2.66. The maximum absolute atomic E-state index is 12.7. The topological polar surface area (TPSA) is 66.6 Å². The second-order valence-corrected chi connectivity index (χ2v) is 8.32. The first-order chi connectivity index (χ1) is 14.1. The van der Waals surface area contributed by atoms with Crippen molar-refractivity contribution < 1.29 is 9.59 Å². The Morgan fingerprint density at radius 3 is 2.21 bits per heavy atom. The highest BCUT2D eigenvalue weighted by molar-refractivity contribution is 5.82. The van der Waals surface area contributed by atoms with Crippen LogP contribution in [0.15, 0.2) is 60.7 Å². The van der Waals surface area contributed by atoms with E-state index < -0.39 is 0 Å². The zero-order chi connectivity index (χ0) is 20.2. The van der Waals surface area contributed by atoms with Gasteiger partial charge in [0.05, 0.1) is 12.5 Å². The molecule has 0 spiro atoms. The largest absolute Gasteiger partial charge is 0.368 e. The monoisotopic (exact) mass is 391 g/mol. The fourth-order valence-electron chi connectivity index (χ4n) is 4.97. The van der Waals surface area contributed by atoms with Crippen LogP contribution in [-0.4, -0.2) is 53.8 Å².